The molecule has 0 radical (unpaired) electrons. The molecule has 2 fully saturated rings. The maximum atomic E-state index is 10.9. The molecule has 6 rings (SSSR count). The van der Waals surface area contributed by atoms with E-state index in [1.54, 1.807) is 28.4 Å². The third kappa shape index (κ3) is 6.70. The van der Waals surface area contributed by atoms with Crippen LogP contribution in [0.4, 0.5) is 0 Å². The molecule has 2 aromatic carbocycles. The van der Waals surface area contributed by atoms with E-state index in [0.29, 0.717) is 41.8 Å². The van der Waals surface area contributed by atoms with Crippen LogP contribution in [0.25, 0.3) is 0 Å². The Morgan fingerprint density at radius 2 is 1.52 bits per heavy atom. The molecule has 0 aromatic heterocycles. The molecule has 0 spiro atoms. The molecule has 278 valence electrons. The van der Waals surface area contributed by atoms with Gasteiger partial charge in [0.1, 0.15) is 36.1 Å². The molecule has 2 saturated heterocycles. The van der Waals surface area contributed by atoms with Crippen molar-refractivity contribution in [3.8, 4) is 28.7 Å². The Bertz CT molecular complexity index is 1470. The monoisotopic (exact) mass is 710 g/mol. The van der Waals surface area contributed by atoms with Crippen LogP contribution in [0.15, 0.2) is 24.3 Å². The number of rotatable bonds is 13. The van der Waals surface area contributed by atoms with Gasteiger partial charge in [0, 0.05) is 18.6 Å². The van der Waals surface area contributed by atoms with Crippen LogP contribution < -0.4 is 23.7 Å². The first-order valence-corrected chi connectivity index (χ1v) is 16.3. The first-order valence-electron chi connectivity index (χ1n) is 16.3. The number of ether oxygens (including phenoxy) is 10. The Morgan fingerprint density at radius 1 is 0.800 bits per heavy atom. The lowest BCUT2D eigenvalue weighted by atomic mass is 9.66. The summed E-state index contributed by atoms with van der Waals surface area (Å²) in [7, 11) is 6.30. The first-order chi connectivity index (χ1) is 24.1. The van der Waals surface area contributed by atoms with Crippen molar-refractivity contribution in [1.82, 2.24) is 0 Å². The third-order valence-electron chi connectivity index (χ3n) is 10.1. The number of hydrogen-bond donors (Lipinski definition) is 6. The highest BCUT2D eigenvalue weighted by Crippen LogP contribution is 2.55. The number of aliphatic hydroxyl groups excluding tert-OH is 5. The number of fused-ring (bicyclic) bond motifs is 3. The highest BCUT2D eigenvalue weighted by molar-refractivity contribution is 5.64. The van der Waals surface area contributed by atoms with Gasteiger partial charge in [-0.05, 0) is 47.6 Å². The van der Waals surface area contributed by atoms with E-state index in [-0.39, 0.29) is 37.8 Å². The highest BCUT2D eigenvalue weighted by atomic mass is 16.7. The summed E-state index contributed by atoms with van der Waals surface area (Å²) in [5, 5.41) is 62.3. The molecule has 0 unspecified atom stereocenters. The summed E-state index contributed by atoms with van der Waals surface area (Å²) in [6, 6.07) is 7.62. The Morgan fingerprint density at radius 3 is 2.20 bits per heavy atom. The van der Waals surface area contributed by atoms with Gasteiger partial charge in [0.25, 0.3) is 0 Å². The van der Waals surface area contributed by atoms with Crippen molar-refractivity contribution >= 4 is 0 Å². The lowest BCUT2D eigenvalue weighted by Crippen LogP contribution is -2.60. The average molecular weight is 711 g/mol. The number of aliphatic hydroxyl groups is 6. The van der Waals surface area contributed by atoms with Crippen molar-refractivity contribution in [2.45, 2.75) is 61.0 Å². The molecular formula is C34H46O16. The van der Waals surface area contributed by atoms with Crippen LogP contribution in [0.1, 0.15) is 22.6 Å². The molecule has 6 N–H and O–H groups in total. The minimum Gasteiger partial charge on any atom is -0.493 e. The summed E-state index contributed by atoms with van der Waals surface area (Å²) in [5.74, 6) is 1.96. The molecular weight excluding hydrogens is 664 g/mol. The quantitative estimate of drug-likeness (QED) is 0.152. The second kappa shape index (κ2) is 15.3. The van der Waals surface area contributed by atoms with Gasteiger partial charge in [0.05, 0.1) is 54.4 Å². The van der Waals surface area contributed by atoms with Crippen LogP contribution in [-0.2, 0) is 30.1 Å². The largest absolute Gasteiger partial charge is 0.493 e. The van der Waals surface area contributed by atoms with Crippen LogP contribution in [0.3, 0.4) is 0 Å². The van der Waals surface area contributed by atoms with Crippen LogP contribution in [-0.4, -0.2) is 148 Å². The van der Waals surface area contributed by atoms with Gasteiger partial charge < -0.3 is 78.0 Å². The van der Waals surface area contributed by atoms with E-state index in [0.717, 1.165) is 16.7 Å². The Balaban J connectivity index is 1.27. The topological polar surface area (TPSA) is 214 Å². The molecule has 11 atom stereocenters. The predicted octanol–water partition coefficient (Wildman–Crippen LogP) is -0.711. The Hall–Kier alpha value is -3.00. The fourth-order valence-corrected chi connectivity index (χ4v) is 7.29. The maximum Gasteiger partial charge on any atom is 0.231 e. The third-order valence-corrected chi connectivity index (χ3v) is 10.1. The normalized spacial score (nSPS) is 34.8. The fraction of sp³-hybridized carbons (Fsp3) is 0.647. The zero-order valence-electron chi connectivity index (χ0n) is 28.3. The van der Waals surface area contributed by atoms with Crippen molar-refractivity contribution in [3.05, 3.63) is 41.0 Å². The fourth-order valence-electron chi connectivity index (χ4n) is 7.29. The molecule has 0 bridgehead atoms. The zero-order chi connectivity index (χ0) is 35.7. The molecule has 0 saturated carbocycles. The average Bonchev–Trinajstić information content (AvgIpc) is 3.74. The van der Waals surface area contributed by atoms with Gasteiger partial charge in [-0.3, -0.25) is 0 Å². The Labute approximate surface area is 288 Å². The maximum absolute atomic E-state index is 10.9. The minimum absolute atomic E-state index is 0.0341. The molecule has 16 heteroatoms. The lowest BCUT2D eigenvalue weighted by molar-refractivity contribution is -0.312. The molecule has 4 aliphatic rings. The van der Waals surface area contributed by atoms with Crippen molar-refractivity contribution in [1.29, 1.82) is 0 Å². The molecule has 3 aliphatic heterocycles. The van der Waals surface area contributed by atoms with Gasteiger partial charge in [0.15, 0.2) is 35.6 Å². The van der Waals surface area contributed by atoms with E-state index in [4.69, 9.17) is 47.4 Å². The van der Waals surface area contributed by atoms with Crippen LogP contribution in [0, 0.1) is 11.8 Å². The number of methoxy groups -OCH3 is 4. The van der Waals surface area contributed by atoms with E-state index in [1.807, 2.05) is 24.3 Å². The molecule has 50 heavy (non-hydrogen) atoms. The summed E-state index contributed by atoms with van der Waals surface area (Å²) in [6.45, 7) is -1.14. The summed E-state index contributed by atoms with van der Waals surface area (Å²) < 4.78 is 57.4. The van der Waals surface area contributed by atoms with Crippen molar-refractivity contribution in [2.24, 2.45) is 11.8 Å². The van der Waals surface area contributed by atoms with Crippen LogP contribution in [0.5, 0.6) is 28.7 Å². The summed E-state index contributed by atoms with van der Waals surface area (Å²) in [4.78, 5) is 0. The Kier molecular flexibility index (Phi) is 11.3. The minimum atomic E-state index is -1.91. The van der Waals surface area contributed by atoms with Crippen LogP contribution in [0.2, 0.25) is 0 Å². The van der Waals surface area contributed by atoms with Gasteiger partial charge in [-0.25, -0.2) is 0 Å². The lowest BCUT2D eigenvalue weighted by Gasteiger charge is -2.43. The molecule has 16 nitrogen and oxygen atoms in total. The highest BCUT2D eigenvalue weighted by Gasteiger charge is 2.50. The van der Waals surface area contributed by atoms with Gasteiger partial charge in [-0.2, -0.15) is 0 Å². The summed E-state index contributed by atoms with van der Waals surface area (Å²) in [5.41, 5.74) is 0.829. The molecule has 2 aromatic rings. The second-order valence-electron chi connectivity index (χ2n) is 13.0. The van der Waals surface area contributed by atoms with E-state index in [1.165, 1.54) is 0 Å². The summed E-state index contributed by atoms with van der Waals surface area (Å²) in [6.07, 6.45) is -9.83. The van der Waals surface area contributed by atoms with Crippen molar-refractivity contribution < 1.29 is 78.0 Å². The van der Waals surface area contributed by atoms with E-state index in [2.05, 4.69) is 0 Å². The zero-order valence-corrected chi connectivity index (χ0v) is 28.3. The smallest absolute Gasteiger partial charge is 0.231 e. The second-order valence-corrected chi connectivity index (χ2v) is 13.0. The van der Waals surface area contributed by atoms with E-state index >= 15 is 0 Å². The molecule has 0 amide bonds. The predicted molar refractivity (Wildman–Crippen MR) is 169 cm³/mol. The van der Waals surface area contributed by atoms with Crippen LogP contribution >= 0.6 is 0 Å². The van der Waals surface area contributed by atoms with Gasteiger partial charge in [0.2, 0.25) is 12.5 Å². The SMILES string of the molecule is COC[C@@H]1[C@@H](CO[C@@H]2O[C@H](CO[C@@H]3OC[C@](O)(CO)[C@H]3O)[C@@H](O)[C@H](O)[C@H]2O)Cc2cc(OC)c3c(c2[C@H]1c1ccc(OC)c(OC)c1)OCO3. The van der Waals surface area contributed by atoms with Gasteiger partial charge in [-0.15, -0.1) is 0 Å². The van der Waals surface area contributed by atoms with Crippen molar-refractivity contribution in [3.63, 3.8) is 0 Å². The molecule has 1 aliphatic carbocycles. The standard InChI is InChI=1S/C34H46O16/c1-41-11-19-18(10-45-32-28(38)27(37)26(36)23(50-32)12-46-33-31(39)34(40,13-35)14-47-33)7-17-9-22(44-4)29-30(49-15-48-29)25(17)24(19)16-5-6-20(42-2)21(8-16)43-3/h5-6,8-9,18-19,23-24,26-28,31-33,35-40H,7,10-15H2,1-4H3/t18-,19-,23-,24+,26-,27+,28-,31+,32-,33-,34-/m1/s1. The van der Waals surface area contributed by atoms with E-state index < -0.39 is 61.9 Å². The number of benzene rings is 2. The van der Waals surface area contributed by atoms with Gasteiger partial charge in [-0.1, -0.05) is 6.07 Å². The van der Waals surface area contributed by atoms with E-state index in [9.17, 15) is 30.6 Å². The first kappa shape index (κ1) is 36.8. The van der Waals surface area contributed by atoms with Crippen molar-refractivity contribution in [2.75, 3.05) is 68.3 Å². The number of hydrogen-bond acceptors (Lipinski definition) is 16. The summed E-state index contributed by atoms with van der Waals surface area (Å²) >= 11 is 0. The molecule has 3 heterocycles. The van der Waals surface area contributed by atoms with Gasteiger partial charge >= 0.3 is 0 Å².